The van der Waals surface area contributed by atoms with Crippen molar-refractivity contribution in [3.8, 4) is 0 Å². The SMILES string of the molecule is CC(C)(O)c1cnnn1[C@H]1C[C@@H](C(=O)NC(CCCCNC(=O)O)C(=O)C(N)=O)N(C(=O)C(CC2CCCCC2)NC(=O)c2ccc3ccncc3c2)C1. The predicted molar refractivity (Wildman–Crippen MR) is 195 cm³/mol. The third-order valence-corrected chi connectivity index (χ3v) is 10.3. The molecule has 2 aliphatic rings. The van der Waals surface area contributed by atoms with E-state index in [9.17, 15) is 33.9 Å². The van der Waals surface area contributed by atoms with Crippen molar-refractivity contribution in [1.82, 2.24) is 40.8 Å². The molecule has 2 fully saturated rings. The second kappa shape index (κ2) is 17.6. The number of Topliss-reactive ketones (excluding diaryl/α,β-unsaturated/α-hetero) is 1. The number of nitrogens with zero attached hydrogens (tertiary/aromatic N) is 5. The minimum atomic E-state index is -1.36. The number of rotatable bonds is 16. The van der Waals surface area contributed by atoms with Gasteiger partial charge in [-0.05, 0) is 69.0 Å². The zero-order valence-electron chi connectivity index (χ0n) is 30.6. The molecule has 5 rings (SSSR count). The standard InChI is InChI=1S/C37H49N9O8/c1-37(2,54)30-20-41-44-46(30)26-18-29(34(50)42-27(31(47)32(38)48)10-6-7-14-40-36(52)53)45(21-26)35(51)28(16-22-8-4-3-5-9-22)43-33(49)24-12-11-23-13-15-39-19-25(23)17-24/h11-13,15,17,19-20,22,26-29,40,54H,3-10,14,16,18,21H2,1-2H3,(H2,38,48)(H,42,50)(H,43,49)(H,52,53)/t26-,27?,28?,29-/m0/s1. The van der Waals surface area contributed by atoms with Crippen LogP contribution in [0.15, 0.2) is 42.9 Å². The summed E-state index contributed by atoms with van der Waals surface area (Å²) >= 11 is 0. The van der Waals surface area contributed by atoms with Crippen LogP contribution in [0.4, 0.5) is 4.79 Å². The van der Waals surface area contributed by atoms with Crippen LogP contribution in [0.1, 0.15) is 100 Å². The highest BCUT2D eigenvalue weighted by Gasteiger charge is 2.45. The number of carbonyl (C=O) groups excluding carboxylic acids is 5. The Bertz CT molecular complexity index is 1850. The van der Waals surface area contributed by atoms with Gasteiger partial charge >= 0.3 is 6.09 Å². The van der Waals surface area contributed by atoms with Crippen molar-refractivity contribution in [3.63, 3.8) is 0 Å². The molecule has 17 nitrogen and oxygen atoms in total. The summed E-state index contributed by atoms with van der Waals surface area (Å²) in [4.78, 5) is 83.9. The molecule has 1 saturated carbocycles. The van der Waals surface area contributed by atoms with Crippen LogP contribution >= 0.6 is 0 Å². The van der Waals surface area contributed by atoms with E-state index in [0.29, 0.717) is 24.1 Å². The van der Waals surface area contributed by atoms with Gasteiger partial charge in [0.2, 0.25) is 17.6 Å². The average molecular weight is 748 g/mol. The monoisotopic (exact) mass is 747 g/mol. The number of nitrogens with one attached hydrogen (secondary N) is 3. The largest absolute Gasteiger partial charge is 0.465 e. The van der Waals surface area contributed by atoms with Crippen molar-refractivity contribution < 1.29 is 39.0 Å². The zero-order chi connectivity index (χ0) is 39.0. The zero-order valence-corrected chi connectivity index (χ0v) is 30.6. The van der Waals surface area contributed by atoms with Gasteiger partial charge in [-0.25, -0.2) is 9.48 Å². The molecule has 2 unspecified atom stereocenters. The Morgan fingerprint density at radius 3 is 2.44 bits per heavy atom. The smallest absolute Gasteiger partial charge is 0.404 e. The van der Waals surface area contributed by atoms with Crippen LogP contribution in [-0.2, 0) is 24.8 Å². The number of primary amides is 1. The first-order valence-corrected chi connectivity index (χ1v) is 18.4. The summed E-state index contributed by atoms with van der Waals surface area (Å²) in [6, 6.07) is 2.90. The Morgan fingerprint density at radius 2 is 1.74 bits per heavy atom. The van der Waals surface area contributed by atoms with E-state index in [1.807, 2.05) is 6.07 Å². The summed E-state index contributed by atoms with van der Waals surface area (Å²) in [5, 5.41) is 37.4. The summed E-state index contributed by atoms with van der Waals surface area (Å²) < 4.78 is 1.48. The summed E-state index contributed by atoms with van der Waals surface area (Å²) in [6.07, 6.45) is 9.34. The third kappa shape index (κ3) is 9.94. The molecule has 4 atom stereocenters. The minimum Gasteiger partial charge on any atom is -0.465 e. The van der Waals surface area contributed by atoms with E-state index in [2.05, 4.69) is 31.2 Å². The minimum absolute atomic E-state index is 0.00747. The number of unbranched alkanes of at least 4 members (excludes halogenated alkanes) is 1. The molecule has 1 aliphatic carbocycles. The van der Waals surface area contributed by atoms with Crippen LogP contribution in [0.3, 0.4) is 0 Å². The average Bonchev–Trinajstić information content (AvgIpc) is 3.82. The van der Waals surface area contributed by atoms with Crippen LogP contribution < -0.4 is 21.7 Å². The van der Waals surface area contributed by atoms with E-state index in [1.54, 1.807) is 44.4 Å². The number of carboxylic acid groups (broad SMARTS) is 1. The Labute approximate surface area is 312 Å². The topological polar surface area (TPSA) is 252 Å². The first-order valence-electron chi connectivity index (χ1n) is 18.4. The maximum atomic E-state index is 14.8. The summed E-state index contributed by atoms with van der Waals surface area (Å²) in [5.74, 6) is -3.80. The highest BCUT2D eigenvalue weighted by molar-refractivity contribution is 6.37. The number of aromatic nitrogens is 4. The van der Waals surface area contributed by atoms with Crippen molar-refractivity contribution >= 4 is 46.3 Å². The normalized spacial score (nSPS) is 18.8. The molecule has 5 amide bonds. The molecule has 1 saturated heterocycles. The Kier molecular flexibility index (Phi) is 12.9. The van der Waals surface area contributed by atoms with Crippen molar-refractivity contribution in [2.45, 2.75) is 108 Å². The first-order chi connectivity index (χ1) is 25.7. The van der Waals surface area contributed by atoms with Crippen LogP contribution in [0.5, 0.6) is 0 Å². The predicted octanol–water partition coefficient (Wildman–Crippen LogP) is 1.94. The van der Waals surface area contributed by atoms with Gasteiger partial charge in [0.1, 0.15) is 17.7 Å². The van der Waals surface area contributed by atoms with E-state index in [0.717, 1.165) is 42.9 Å². The van der Waals surface area contributed by atoms with Gasteiger partial charge in [0.15, 0.2) is 0 Å². The van der Waals surface area contributed by atoms with E-state index >= 15 is 0 Å². The fourth-order valence-corrected chi connectivity index (χ4v) is 7.46. The van der Waals surface area contributed by atoms with Crippen LogP contribution in [0, 0.1) is 5.92 Å². The fraction of sp³-hybridized carbons (Fsp3) is 0.541. The molecule has 17 heteroatoms. The number of hydrogen-bond acceptors (Lipinski definition) is 10. The number of carbonyl (C=O) groups is 6. The van der Waals surface area contributed by atoms with Gasteiger partial charge in [-0.1, -0.05) is 43.4 Å². The van der Waals surface area contributed by atoms with Crippen molar-refractivity contribution in [3.05, 3.63) is 54.1 Å². The number of ketones is 1. The molecule has 1 aromatic carbocycles. The molecule has 0 bridgehead atoms. The molecule has 3 aromatic rings. The van der Waals surface area contributed by atoms with Crippen LogP contribution in [0.2, 0.25) is 0 Å². The number of nitrogens with two attached hydrogens (primary N) is 1. The van der Waals surface area contributed by atoms with Gasteiger partial charge in [-0.3, -0.25) is 29.0 Å². The van der Waals surface area contributed by atoms with Gasteiger partial charge in [-0.2, -0.15) is 0 Å². The Morgan fingerprint density at radius 1 is 0.981 bits per heavy atom. The van der Waals surface area contributed by atoms with Crippen molar-refractivity contribution in [2.75, 3.05) is 13.1 Å². The molecule has 54 heavy (non-hydrogen) atoms. The summed E-state index contributed by atoms with van der Waals surface area (Å²) in [7, 11) is 0. The van der Waals surface area contributed by atoms with Crippen LogP contribution in [0.25, 0.3) is 10.8 Å². The van der Waals surface area contributed by atoms with Crippen molar-refractivity contribution in [2.24, 2.45) is 11.7 Å². The molecular weight excluding hydrogens is 698 g/mol. The lowest BCUT2D eigenvalue weighted by molar-refractivity contribution is -0.142. The molecule has 1 aliphatic heterocycles. The Balaban J connectivity index is 1.44. The highest BCUT2D eigenvalue weighted by Crippen LogP contribution is 2.33. The van der Waals surface area contributed by atoms with E-state index in [-0.39, 0.29) is 38.3 Å². The maximum absolute atomic E-state index is 14.8. The third-order valence-electron chi connectivity index (χ3n) is 10.3. The first kappa shape index (κ1) is 39.8. The highest BCUT2D eigenvalue weighted by atomic mass is 16.4. The van der Waals surface area contributed by atoms with Gasteiger partial charge in [0.05, 0.1) is 24.0 Å². The quantitative estimate of drug-likeness (QED) is 0.0912. The van der Waals surface area contributed by atoms with Gasteiger partial charge in [0.25, 0.3) is 11.8 Å². The number of pyridine rings is 1. The molecule has 0 spiro atoms. The molecule has 0 radical (unpaired) electrons. The lowest BCUT2D eigenvalue weighted by Gasteiger charge is -2.32. The van der Waals surface area contributed by atoms with Gasteiger partial charge in [-0.15, -0.1) is 5.10 Å². The lowest BCUT2D eigenvalue weighted by atomic mass is 9.84. The maximum Gasteiger partial charge on any atom is 0.404 e. The number of likely N-dealkylation sites (tertiary alicyclic amines) is 1. The number of benzene rings is 1. The molecule has 7 N–H and O–H groups in total. The van der Waals surface area contributed by atoms with E-state index in [4.69, 9.17) is 10.8 Å². The molecule has 2 aromatic heterocycles. The molecule has 290 valence electrons. The number of hydrogen-bond donors (Lipinski definition) is 6. The number of fused-ring (bicyclic) bond motifs is 1. The summed E-state index contributed by atoms with van der Waals surface area (Å²) in [6.45, 7) is 3.19. The second-order valence-corrected chi connectivity index (χ2v) is 14.7. The van der Waals surface area contributed by atoms with Crippen molar-refractivity contribution in [1.29, 1.82) is 0 Å². The van der Waals surface area contributed by atoms with E-state index < -0.39 is 65.3 Å². The van der Waals surface area contributed by atoms with Crippen LogP contribution in [-0.4, -0.2) is 102 Å². The Hall–Kier alpha value is -5.45. The number of aliphatic hydroxyl groups is 1. The van der Waals surface area contributed by atoms with Gasteiger partial charge in [0, 0.05) is 42.9 Å². The molecule has 3 heterocycles. The fourth-order valence-electron chi connectivity index (χ4n) is 7.46. The summed E-state index contributed by atoms with van der Waals surface area (Å²) in [5.41, 5.74) is 4.67. The second-order valence-electron chi connectivity index (χ2n) is 14.7. The van der Waals surface area contributed by atoms with E-state index in [1.165, 1.54) is 15.8 Å². The lowest BCUT2D eigenvalue weighted by Crippen LogP contribution is -2.56. The molecular formula is C37H49N9O8. The number of amides is 5. The van der Waals surface area contributed by atoms with Gasteiger partial charge < -0.3 is 36.8 Å².